The topological polar surface area (TPSA) is 72.8 Å². The first-order valence-corrected chi connectivity index (χ1v) is 11.3. The Morgan fingerprint density at radius 2 is 1.88 bits per heavy atom. The third kappa shape index (κ3) is 4.68. The number of rotatable bonds is 8. The van der Waals surface area contributed by atoms with Gasteiger partial charge in [-0.1, -0.05) is 49.2 Å². The van der Waals surface area contributed by atoms with Gasteiger partial charge in [0.1, 0.15) is 17.6 Å². The number of benzene rings is 3. The summed E-state index contributed by atoms with van der Waals surface area (Å²) in [6, 6.07) is 20.4. The third-order valence-electron chi connectivity index (χ3n) is 6.15. The van der Waals surface area contributed by atoms with Crippen LogP contribution < -0.4 is 10.2 Å². The molecule has 4 rings (SSSR count). The molecular weight excluding hydrogens is 443 g/mol. The Balaban J connectivity index is 1.68. The molecule has 0 spiro atoms. The minimum atomic E-state index is -1.28. The van der Waals surface area contributed by atoms with E-state index in [-0.39, 0.29) is 12.4 Å². The minimum absolute atomic E-state index is 0.263. The van der Waals surface area contributed by atoms with Gasteiger partial charge in [-0.3, -0.25) is 4.79 Å². The van der Waals surface area contributed by atoms with Crippen molar-refractivity contribution >= 4 is 28.9 Å². The van der Waals surface area contributed by atoms with Gasteiger partial charge in [0.2, 0.25) is 0 Å². The summed E-state index contributed by atoms with van der Waals surface area (Å²) in [5.74, 6) is -1.81. The summed E-state index contributed by atoms with van der Waals surface area (Å²) in [6.07, 6.45) is 0.745. The lowest BCUT2D eigenvalue weighted by molar-refractivity contribution is -0.139. The van der Waals surface area contributed by atoms with E-state index in [4.69, 9.17) is 11.6 Å². The number of carboxylic acids is 1. The molecule has 3 atom stereocenters. The Bertz CT molecular complexity index is 1120. The second-order valence-corrected chi connectivity index (χ2v) is 8.82. The fourth-order valence-corrected chi connectivity index (χ4v) is 4.48. The maximum Gasteiger partial charge on any atom is 0.310 e. The van der Waals surface area contributed by atoms with Crippen LogP contribution in [0.3, 0.4) is 0 Å². The molecule has 5 nitrogen and oxygen atoms in total. The van der Waals surface area contributed by atoms with Crippen molar-refractivity contribution in [2.24, 2.45) is 0 Å². The highest BCUT2D eigenvalue weighted by Crippen LogP contribution is 2.42. The highest BCUT2D eigenvalue weighted by atomic mass is 35.5. The van der Waals surface area contributed by atoms with Gasteiger partial charge in [-0.05, 0) is 66.1 Å². The number of anilines is 2. The molecule has 0 bridgehead atoms. The van der Waals surface area contributed by atoms with E-state index in [2.05, 4.69) is 5.32 Å². The summed E-state index contributed by atoms with van der Waals surface area (Å²) in [7, 11) is 0. The lowest BCUT2D eigenvalue weighted by Crippen LogP contribution is -2.71. The molecule has 0 amide bonds. The first-order valence-electron chi connectivity index (χ1n) is 10.9. The van der Waals surface area contributed by atoms with Crippen molar-refractivity contribution in [3.05, 3.63) is 94.8 Å². The van der Waals surface area contributed by atoms with Crippen molar-refractivity contribution in [2.45, 2.75) is 37.5 Å². The van der Waals surface area contributed by atoms with E-state index < -0.39 is 23.7 Å². The number of hydrogen-bond acceptors (Lipinski definition) is 4. The Kier molecular flexibility index (Phi) is 6.58. The number of aliphatic hydroxyl groups is 1. The first-order chi connectivity index (χ1) is 15.8. The van der Waals surface area contributed by atoms with E-state index in [1.165, 1.54) is 12.1 Å². The van der Waals surface area contributed by atoms with Crippen LogP contribution in [0.4, 0.5) is 15.8 Å². The molecule has 3 aromatic rings. The minimum Gasteiger partial charge on any atom is -0.481 e. The summed E-state index contributed by atoms with van der Waals surface area (Å²) >= 11 is 6.01. The number of halogens is 2. The predicted molar refractivity (Wildman–Crippen MR) is 128 cm³/mol. The van der Waals surface area contributed by atoms with Gasteiger partial charge in [0, 0.05) is 16.4 Å². The van der Waals surface area contributed by atoms with E-state index in [1.54, 1.807) is 24.3 Å². The van der Waals surface area contributed by atoms with Gasteiger partial charge < -0.3 is 20.4 Å². The van der Waals surface area contributed by atoms with Crippen LogP contribution in [-0.4, -0.2) is 28.9 Å². The number of carbonyl (C=O) groups is 1. The SMILES string of the molecule is CCCC(C(=O)O)c1cccc(N2CC(O)(c3ccc(F)cc3)C2Nc2ccc(Cl)cc2)c1. The van der Waals surface area contributed by atoms with Crippen LogP contribution in [0.15, 0.2) is 72.8 Å². The smallest absolute Gasteiger partial charge is 0.310 e. The lowest BCUT2D eigenvalue weighted by Gasteiger charge is -2.56. The molecule has 172 valence electrons. The van der Waals surface area contributed by atoms with Crippen molar-refractivity contribution < 1.29 is 19.4 Å². The van der Waals surface area contributed by atoms with Crippen LogP contribution in [0.5, 0.6) is 0 Å². The van der Waals surface area contributed by atoms with Crippen LogP contribution in [0, 0.1) is 5.82 Å². The fraction of sp³-hybridized carbons (Fsp3) is 0.269. The summed E-state index contributed by atoms with van der Waals surface area (Å²) in [4.78, 5) is 13.8. The number of β-amino-alcohol motifs (C(OH)–C–C–N with tert-alkyl or cyclic N) is 1. The maximum atomic E-state index is 13.5. The molecule has 0 aliphatic carbocycles. The molecule has 3 N–H and O–H groups in total. The quantitative estimate of drug-likeness (QED) is 0.401. The number of nitrogens with one attached hydrogen (secondary N) is 1. The molecule has 0 saturated carbocycles. The summed E-state index contributed by atoms with van der Waals surface area (Å²) in [5, 5.41) is 25.2. The van der Waals surface area contributed by atoms with Gasteiger partial charge >= 0.3 is 5.97 Å². The van der Waals surface area contributed by atoms with Gasteiger partial charge in [0.25, 0.3) is 0 Å². The van der Waals surface area contributed by atoms with Gasteiger partial charge in [0.05, 0.1) is 12.5 Å². The standard InChI is InChI=1S/C26H26ClFN2O3/c1-2-4-23(24(31)32)17-5-3-6-22(15-17)30-16-26(33,18-7-11-20(28)12-8-18)25(30)29-21-13-9-19(27)10-14-21/h3,5-15,23,25,29,33H,2,4,16H2,1H3,(H,31,32). The highest BCUT2D eigenvalue weighted by molar-refractivity contribution is 6.30. The average Bonchev–Trinajstić information content (AvgIpc) is 2.80. The van der Waals surface area contributed by atoms with E-state index in [0.29, 0.717) is 17.0 Å². The highest BCUT2D eigenvalue weighted by Gasteiger charge is 2.53. The number of hydrogen-bond donors (Lipinski definition) is 3. The Labute approximate surface area is 197 Å². The molecule has 1 aliphatic heterocycles. The molecule has 1 heterocycles. The normalized spacial score (nSPS) is 20.7. The second-order valence-electron chi connectivity index (χ2n) is 8.39. The van der Waals surface area contributed by atoms with E-state index in [9.17, 15) is 19.4 Å². The molecule has 1 fully saturated rings. The van der Waals surface area contributed by atoms with Crippen LogP contribution in [0.2, 0.25) is 5.02 Å². The molecule has 1 saturated heterocycles. The lowest BCUT2D eigenvalue weighted by atomic mass is 9.81. The Morgan fingerprint density at radius 1 is 1.18 bits per heavy atom. The molecule has 1 aliphatic rings. The van der Waals surface area contributed by atoms with Crippen LogP contribution >= 0.6 is 11.6 Å². The van der Waals surface area contributed by atoms with Crippen molar-refractivity contribution in [1.29, 1.82) is 0 Å². The van der Waals surface area contributed by atoms with Crippen molar-refractivity contribution in [3.63, 3.8) is 0 Å². The van der Waals surface area contributed by atoms with E-state index in [1.807, 2.05) is 48.2 Å². The average molecular weight is 469 g/mol. The van der Waals surface area contributed by atoms with Gasteiger partial charge in [-0.25, -0.2) is 4.39 Å². The fourth-order valence-electron chi connectivity index (χ4n) is 4.35. The summed E-state index contributed by atoms with van der Waals surface area (Å²) in [5.41, 5.74) is 1.61. The molecule has 3 aromatic carbocycles. The first kappa shape index (κ1) is 23.1. The monoisotopic (exact) mass is 468 g/mol. The Morgan fingerprint density at radius 3 is 2.52 bits per heavy atom. The van der Waals surface area contributed by atoms with Crippen LogP contribution in [0.1, 0.15) is 36.8 Å². The zero-order chi connectivity index (χ0) is 23.6. The number of aliphatic carboxylic acids is 1. The van der Waals surface area contributed by atoms with Gasteiger partial charge in [-0.2, -0.15) is 0 Å². The van der Waals surface area contributed by atoms with E-state index >= 15 is 0 Å². The maximum absolute atomic E-state index is 13.5. The molecule has 0 radical (unpaired) electrons. The van der Waals surface area contributed by atoms with Crippen molar-refractivity contribution in [3.8, 4) is 0 Å². The molecular formula is C26H26ClFN2O3. The largest absolute Gasteiger partial charge is 0.481 e. The molecule has 0 aromatic heterocycles. The molecule has 7 heteroatoms. The van der Waals surface area contributed by atoms with Gasteiger partial charge in [0.15, 0.2) is 0 Å². The predicted octanol–water partition coefficient (Wildman–Crippen LogP) is 5.59. The van der Waals surface area contributed by atoms with Crippen LogP contribution in [-0.2, 0) is 10.4 Å². The zero-order valence-electron chi connectivity index (χ0n) is 18.2. The molecule has 33 heavy (non-hydrogen) atoms. The van der Waals surface area contributed by atoms with Crippen LogP contribution in [0.25, 0.3) is 0 Å². The van der Waals surface area contributed by atoms with Gasteiger partial charge in [-0.15, -0.1) is 0 Å². The Hall–Kier alpha value is -3.09. The zero-order valence-corrected chi connectivity index (χ0v) is 19.0. The number of carboxylic acid groups (broad SMARTS) is 1. The van der Waals surface area contributed by atoms with E-state index in [0.717, 1.165) is 23.4 Å². The second kappa shape index (κ2) is 9.41. The third-order valence-corrected chi connectivity index (χ3v) is 6.40. The number of nitrogens with zero attached hydrogens (tertiary/aromatic N) is 1. The summed E-state index contributed by atoms with van der Waals surface area (Å²) < 4.78 is 13.5. The molecule has 3 unspecified atom stereocenters. The van der Waals surface area contributed by atoms with Crippen molar-refractivity contribution in [1.82, 2.24) is 0 Å². The summed E-state index contributed by atoms with van der Waals surface area (Å²) in [6.45, 7) is 2.23. The van der Waals surface area contributed by atoms with Crippen molar-refractivity contribution in [2.75, 3.05) is 16.8 Å².